The van der Waals surface area contributed by atoms with Gasteiger partial charge in [0, 0.05) is 6.20 Å². The van der Waals surface area contributed by atoms with Crippen molar-refractivity contribution in [3.8, 4) is 5.69 Å². The van der Waals surface area contributed by atoms with Gasteiger partial charge in [0.1, 0.15) is 11.2 Å². The van der Waals surface area contributed by atoms with Crippen molar-refractivity contribution in [1.29, 1.82) is 0 Å². The molecule has 84 valence electrons. The molecule has 0 spiro atoms. The van der Waals surface area contributed by atoms with Crippen molar-refractivity contribution in [1.82, 2.24) is 24.7 Å². The van der Waals surface area contributed by atoms with Gasteiger partial charge in [0.05, 0.1) is 18.1 Å². The topological polar surface area (TPSA) is 76.5 Å². The van der Waals surface area contributed by atoms with E-state index in [0.29, 0.717) is 16.9 Å². The zero-order chi connectivity index (χ0) is 11.8. The first kappa shape index (κ1) is 9.71. The maximum atomic E-state index is 11.7. The molecule has 17 heavy (non-hydrogen) atoms. The number of fused-ring (bicyclic) bond motifs is 1. The molecule has 3 rings (SSSR count). The van der Waals surface area contributed by atoms with E-state index in [1.54, 1.807) is 24.0 Å². The smallest absolute Gasteiger partial charge is 0.262 e. The van der Waals surface area contributed by atoms with Crippen molar-refractivity contribution < 1.29 is 0 Å². The van der Waals surface area contributed by atoms with Crippen LogP contribution in [-0.4, -0.2) is 24.7 Å². The molecule has 0 fully saturated rings. The van der Waals surface area contributed by atoms with Crippen molar-refractivity contribution in [2.45, 2.75) is 6.92 Å². The van der Waals surface area contributed by atoms with Gasteiger partial charge < -0.3 is 4.98 Å². The highest BCUT2D eigenvalue weighted by atomic mass is 16.1. The Labute approximate surface area is 96.0 Å². The Hall–Kier alpha value is -2.50. The molecule has 6 heteroatoms. The summed E-state index contributed by atoms with van der Waals surface area (Å²) in [5, 5.41) is 4.63. The average Bonchev–Trinajstić information content (AvgIpc) is 2.74. The highest BCUT2D eigenvalue weighted by Gasteiger charge is 2.09. The number of hydrogen-bond acceptors (Lipinski definition) is 4. The van der Waals surface area contributed by atoms with Crippen LogP contribution in [-0.2, 0) is 0 Å². The van der Waals surface area contributed by atoms with E-state index in [9.17, 15) is 4.79 Å². The van der Waals surface area contributed by atoms with E-state index in [2.05, 4.69) is 20.1 Å². The first-order valence-corrected chi connectivity index (χ1v) is 5.11. The lowest BCUT2D eigenvalue weighted by atomic mass is 10.4. The number of rotatable bonds is 1. The van der Waals surface area contributed by atoms with Crippen LogP contribution in [0.2, 0.25) is 0 Å². The van der Waals surface area contributed by atoms with E-state index in [1.807, 2.05) is 12.1 Å². The van der Waals surface area contributed by atoms with Gasteiger partial charge in [0.25, 0.3) is 5.56 Å². The zero-order valence-electron chi connectivity index (χ0n) is 9.08. The molecule has 3 heterocycles. The zero-order valence-corrected chi connectivity index (χ0v) is 9.08. The Morgan fingerprint density at radius 1 is 1.35 bits per heavy atom. The molecule has 0 aromatic carbocycles. The summed E-state index contributed by atoms with van der Waals surface area (Å²) in [6.45, 7) is 1.74. The number of hydrogen-bond donors (Lipinski definition) is 1. The Bertz CT molecular complexity index is 728. The van der Waals surface area contributed by atoms with Gasteiger partial charge in [-0.1, -0.05) is 0 Å². The normalized spacial score (nSPS) is 10.9. The van der Waals surface area contributed by atoms with Crippen LogP contribution in [0.15, 0.2) is 35.5 Å². The third kappa shape index (κ3) is 1.50. The van der Waals surface area contributed by atoms with Crippen molar-refractivity contribution in [2.75, 3.05) is 0 Å². The second kappa shape index (κ2) is 3.51. The summed E-state index contributed by atoms with van der Waals surface area (Å²) in [5.41, 5.74) is 1.14. The van der Waals surface area contributed by atoms with E-state index in [0.717, 1.165) is 5.69 Å². The molecule has 0 unspecified atom stereocenters. The Morgan fingerprint density at radius 3 is 3.00 bits per heavy atom. The summed E-state index contributed by atoms with van der Waals surface area (Å²) < 4.78 is 1.60. The van der Waals surface area contributed by atoms with Gasteiger partial charge in [-0.25, -0.2) is 9.67 Å². The maximum absolute atomic E-state index is 11.7. The highest BCUT2D eigenvalue weighted by molar-refractivity contribution is 5.74. The maximum Gasteiger partial charge on any atom is 0.262 e. The average molecular weight is 227 g/mol. The van der Waals surface area contributed by atoms with Gasteiger partial charge in [0.15, 0.2) is 5.65 Å². The van der Waals surface area contributed by atoms with Gasteiger partial charge in [0.2, 0.25) is 0 Å². The summed E-state index contributed by atoms with van der Waals surface area (Å²) in [7, 11) is 0. The number of aromatic nitrogens is 5. The molecule has 0 aliphatic rings. The molecule has 0 saturated heterocycles. The Morgan fingerprint density at radius 2 is 2.24 bits per heavy atom. The molecule has 0 aliphatic heterocycles. The van der Waals surface area contributed by atoms with Crippen molar-refractivity contribution in [3.05, 3.63) is 46.9 Å². The minimum absolute atomic E-state index is 0.178. The Kier molecular flexibility index (Phi) is 2.01. The summed E-state index contributed by atoms with van der Waals surface area (Å²) >= 11 is 0. The third-order valence-electron chi connectivity index (χ3n) is 2.45. The van der Waals surface area contributed by atoms with Crippen molar-refractivity contribution in [2.24, 2.45) is 0 Å². The standard InChI is InChI=1S/C11H9N5O/c1-7-14-10-9(11(17)15-7)6-13-16(10)8-3-2-4-12-5-8/h2-6H,1H3,(H,14,15,17). The second-order valence-corrected chi connectivity index (χ2v) is 3.66. The van der Waals surface area contributed by atoms with Crippen LogP contribution >= 0.6 is 0 Å². The fraction of sp³-hybridized carbons (Fsp3) is 0.0909. The SMILES string of the molecule is Cc1nc2c(cnn2-c2cccnc2)c(=O)[nH]1. The van der Waals surface area contributed by atoms with Gasteiger partial charge in [-0.3, -0.25) is 9.78 Å². The fourth-order valence-corrected chi connectivity index (χ4v) is 1.70. The molecular formula is C11H9N5O. The van der Waals surface area contributed by atoms with Gasteiger partial charge >= 0.3 is 0 Å². The molecular weight excluding hydrogens is 218 g/mol. The second-order valence-electron chi connectivity index (χ2n) is 3.66. The molecule has 1 N–H and O–H groups in total. The van der Waals surface area contributed by atoms with E-state index in [4.69, 9.17) is 0 Å². The van der Waals surface area contributed by atoms with Crippen LogP contribution < -0.4 is 5.56 Å². The van der Waals surface area contributed by atoms with Crippen LogP contribution in [0.4, 0.5) is 0 Å². The molecule has 0 aliphatic carbocycles. The molecule has 0 bridgehead atoms. The number of aryl methyl sites for hydroxylation is 1. The predicted molar refractivity (Wildman–Crippen MR) is 62.0 cm³/mol. The van der Waals surface area contributed by atoms with Crippen LogP contribution in [0.3, 0.4) is 0 Å². The number of nitrogens with one attached hydrogen (secondary N) is 1. The van der Waals surface area contributed by atoms with E-state index < -0.39 is 0 Å². The molecule has 0 saturated carbocycles. The van der Waals surface area contributed by atoms with E-state index >= 15 is 0 Å². The molecule has 0 radical (unpaired) electrons. The Balaban J connectivity index is 2.36. The van der Waals surface area contributed by atoms with Crippen LogP contribution in [0.5, 0.6) is 0 Å². The lowest BCUT2D eigenvalue weighted by Gasteiger charge is -2.01. The highest BCUT2D eigenvalue weighted by Crippen LogP contribution is 2.12. The molecule has 3 aromatic rings. The van der Waals surface area contributed by atoms with Crippen LogP contribution in [0.1, 0.15) is 5.82 Å². The van der Waals surface area contributed by atoms with Gasteiger partial charge in [-0.05, 0) is 19.1 Å². The molecule has 0 amide bonds. The minimum atomic E-state index is -0.178. The number of H-pyrrole nitrogens is 1. The molecule has 6 nitrogen and oxygen atoms in total. The summed E-state index contributed by atoms with van der Waals surface area (Å²) in [6.07, 6.45) is 4.86. The van der Waals surface area contributed by atoms with Crippen molar-refractivity contribution in [3.63, 3.8) is 0 Å². The van der Waals surface area contributed by atoms with Crippen LogP contribution in [0.25, 0.3) is 16.7 Å². The largest absolute Gasteiger partial charge is 0.310 e. The van der Waals surface area contributed by atoms with Gasteiger partial charge in [-0.15, -0.1) is 0 Å². The lowest BCUT2D eigenvalue weighted by Crippen LogP contribution is -2.10. The van der Waals surface area contributed by atoms with Gasteiger partial charge in [-0.2, -0.15) is 5.10 Å². The molecule has 0 atom stereocenters. The minimum Gasteiger partial charge on any atom is -0.310 e. The van der Waals surface area contributed by atoms with Crippen molar-refractivity contribution >= 4 is 11.0 Å². The first-order valence-electron chi connectivity index (χ1n) is 5.11. The summed E-state index contributed by atoms with van der Waals surface area (Å²) in [6, 6.07) is 3.67. The fourth-order valence-electron chi connectivity index (χ4n) is 1.70. The summed E-state index contributed by atoms with van der Waals surface area (Å²) in [5.74, 6) is 0.563. The van der Waals surface area contributed by atoms with E-state index in [1.165, 1.54) is 6.20 Å². The number of nitrogens with zero attached hydrogens (tertiary/aromatic N) is 4. The number of pyridine rings is 1. The quantitative estimate of drug-likeness (QED) is 0.667. The third-order valence-corrected chi connectivity index (χ3v) is 2.45. The molecule has 3 aromatic heterocycles. The lowest BCUT2D eigenvalue weighted by molar-refractivity contribution is 0.882. The first-order chi connectivity index (χ1) is 8.25. The predicted octanol–water partition coefficient (Wildman–Crippen LogP) is 0.812. The van der Waals surface area contributed by atoms with E-state index in [-0.39, 0.29) is 5.56 Å². The number of aromatic amines is 1. The summed E-state index contributed by atoms with van der Waals surface area (Å²) in [4.78, 5) is 22.6. The monoisotopic (exact) mass is 227 g/mol. The van der Waals surface area contributed by atoms with Crippen LogP contribution in [0, 0.1) is 6.92 Å².